The summed E-state index contributed by atoms with van der Waals surface area (Å²) in [6.07, 6.45) is 3.17. The molecule has 0 saturated carbocycles. The molecular weight excluding hydrogens is 246 g/mol. The molecule has 1 aromatic carbocycles. The first-order chi connectivity index (χ1) is 8.60. The number of hydrogen-bond acceptors (Lipinski definition) is 3. The number of hydrogen-bond donors (Lipinski definition) is 1. The second kappa shape index (κ2) is 7.44. The fraction of sp³-hybridized carbons (Fsp3) is 0.500. The molecule has 1 aromatic rings. The maximum Gasteiger partial charge on any atom is 0.336 e. The van der Waals surface area contributed by atoms with Crippen LogP contribution in [-0.4, -0.2) is 41.1 Å². The molecule has 0 aliphatic heterocycles. The van der Waals surface area contributed by atoms with Crippen molar-refractivity contribution in [1.29, 1.82) is 0 Å². The molecule has 1 rings (SSSR count). The normalized spacial score (nSPS) is 12.7. The van der Waals surface area contributed by atoms with Crippen molar-refractivity contribution >= 4 is 17.7 Å². The van der Waals surface area contributed by atoms with Gasteiger partial charge in [-0.2, -0.15) is 11.8 Å². The van der Waals surface area contributed by atoms with Crippen molar-refractivity contribution in [3.63, 3.8) is 0 Å². The summed E-state index contributed by atoms with van der Waals surface area (Å²) >= 11 is 1.83. The largest absolute Gasteiger partial charge is 0.478 e. The standard InChI is InChI=1S/C14H21NO2S/c1-4-12(10-18-3)15(2)9-11-7-5-6-8-13(11)14(16)17/h5-8,12H,4,9-10H2,1-3H3,(H,16,17). The van der Waals surface area contributed by atoms with E-state index >= 15 is 0 Å². The van der Waals surface area contributed by atoms with E-state index in [0.717, 1.165) is 17.7 Å². The zero-order valence-corrected chi connectivity index (χ0v) is 12.0. The average molecular weight is 267 g/mol. The summed E-state index contributed by atoms with van der Waals surface area (Å²) in [5.74, 6) is 0.222. The van der Waals surface area contributed by atoms with Gasteiger partial charge in [-0.15, -0.1) is 0 Å². The van der Waals surface area contributed by atoms with E-state index < -0.39 is 5.97 Å². The molecule has 0 fully saturated rings. The van der Waals surface area contributed by atoms with Gasteiger partial charge in [0.1, 0.15) is 0 Å². The molecule has 1 N–H and O–H groups in total. The number of nitrogens with zero attached hydrogens (tertiary/aromatic N) is 1. The van der Waals surface area contributed by atoms with Crippen LogP contribution in [0.4, 0.5) is 0 Å². The number of benzene rings is 1. The predicted molar refractivity (Wildman–Crippen MR) is 77.3 cm³/mol. The van der Waals surface area contributed by atoms with E-state index in [0.29, 0.717) is 18.2 Å². The summed E-state index contributed by atoms with van der Waals surface area (Å²) in [6.45, 7) is 2.85. The van der Waals surface area contributed by atoms with Gasteiger partial charge < -0.3 is 5.11 Å². The van der Waals surface area contributed by atoms with Crippen molar-refractivity contribution in [2.24, 2.45) is 0 Å². The zero-order chi connectivity index (χ0) is 13.5. The van der Waals surface area contributed by atoms with Gasteiger partial charge in [0.05, 0.1) is 5.56 Å². The summed E-state index contributed by atoms with van der Waals surface area (Å²) in [4.78, 5) is 13.4. The van der Waals surface area contributed by atoms with Crippen molar-refractivity contribution < 1.29 is 9.90 Å². The minimum atomic E-state index is -0.850. The molecule has 18 heavy (non-hydrogen) atoms. The van der Waals surface area contributed by atoms with Gasteiger partial charge in [-0.3, -0.25) is 4.90 Å². The second-order valence-electron chi connectivity index (χ2n) is 4.39. The van der Waals surface area contributed by atoms with Crippen molar-refractivity contribution in [3.8, 4) is 0 Å². The average Bonchev–Trinajstić information content (AvgIpc) is 2.36. The van der Waals surface area contributed by atoms with E-state index in [1.165, 1.54) is 0 Å². The lowest BCUT2D eigenvalue weighted by Crippen LogP contribution is -2.33. The van der Waals surface area contributed by atoms with Crippen LogP contribution >= 0.6 is 11.8 Å². The lowest BCUT2D eigenvalue weighted by atomic mass is 10.1. The number of carbonyl (C=O) groups is 1. The highest BCUT2D eigenvalue weighted by Gasteiger charge is 2.15. The third-order valence-corrected chi connectivity index (χ3v) is 3.84. The quantitative estimate of drug-likeness (QED) is 0.824. The predicted octanol–water partition coefficient (Wildman–Crippen LogP) is 2.96. The molecule has 0 aliphatic rings. The molecule has 3 nitrogen and oxygen atoms in total. The SMILES string of the molecule is CCC(CSC)N(C)Cc1ccccc1C(=O)O. The Bertz CT molecular complexity index is 395. The molecule has 0 spiro atoms. The number of thioether (sulfide) groups is 1. The van der Waals surface area contributed by atoms with Gasteiger partial charge in [0, 0.05) is 18.3 Å². The molecule has 0 aromatic heterocycles. The van der Waals surface area contributed by atoms with E-state index in [-0.39, 0.29) is 0 Å². The summed E-state index contributed by atoms with van der Waals surface area (Å²) < 4.78 is 0. The second-order valence-corrected chi connectivity index (χ2v) is 5.31. The molecule has 0 saturated heterocycles. The van der Waals surface area contributed by atoms with Crippen molar-refractivity contribution in [3.05, 3.63) is 35.4 Å². The van der Waals surface area contributed by atoms with Gasteiger partial charge in [-0.05, 0) is 31.4 Å². The van der Waals surface area contributed by atoms with Gasteiger partial charge in [0.2, 0.25) is 0 Å². The van der Waals surface area contributed by atoms with E-state index in [1.807, 2.05) is 23.9 Å². The first-order valence-electron chi connectivity index (χ1n) is 6.10. The minimum Gasteiger partial charge on any atom is -0.478 e. The van der Waals surface area contributed by atoms with Gasteiger partial charge in [-0.25, -0.2) is 4.79 Å². The molecule has 0 amide bonds. The molecule has 0 radical (unpaired) electrons. The van der Waals surface area contributed by atoms with Crippen LogP contribution in [0.1, 0.15) is 29.3 Å². The van der Waals surface area contributed by atoms with E-state index in [1.54, 1.807) is 12.1 Å². The Balaban J connectivity index is 2.80. The Labute approximate surface area is 113 Å². The number of rotatable bonds is 7. The Morgan fingerprint density at radius 3 is 2.67 bits per heavy atom. The Morgan fingerprint density at radius 1 is 1.44 bits per heavy atom. The minimum absolute atomic E-state index is 0.406. The highest BCUT2D eigenvalue weighted by Crippen LogP contribution is 2.15. The van der Waals surface area contributed by atoms with E-state index in [4.69, 9.17) is 5.11 Å². The topological polar surface area (TPSA) is 40.5 Å². The van der Waals surface area contributed by atoms with Crippen LogP contribution in [0.3, 0.4) is 0 Å². The monoisotopic (exact) mass is 267 g/mol. The zero-order valence-electron chi connectivity index (χ0n) is 11.2. The summed E-state index contributed by atoms with van der Waals surface area (Å²) in [7, 11) is 2.06. The molecule has 0 bridgehead atoms. The lowest BCUT2D eigenvalue weighted by Gasteiger charge is -2.27. The fourth-order valence-electron chi connectivity index (χ4n) is 2.01. The maximum atomic E-state index is 11.1. The van der Waals surface area contributed by atoms with Crippen LogP contribution in [0, 0.1) is 0 Å². The van der Waals surface area contributed by atoms with Crippen LogP contribution in [0.5, 0.6) is 0 Å². The summed E-state index contributed by atoms with van der Waals surface area (Å²) in [5, 5.41) is 9.16. The van der Waals surface area contributed by atoms with Gasteiger partial charge in [0.15, 0.2) is 0 Å². The van der Waals surface area contributed by atoms with E-state index in [2.05, 4.69) is 25.1 Å². The number of carboxylic acids is 1. The highest BCUT2D eigenvalue weighted by molar-refractivity contribution is 7.98. The Morgan fingerprint density at radius 2 is 2.11 bits per heavy atom. The summed E-state index contributed by atoms with van der Waals surface area (Å²) in [5.41, 5.74) is 1.29. The fourth-order valence-corrected chi connectivity index (χ4v) is 2.89. The Hall–Kier alpha value is -1.00. The van der Waals surface area contributed by atoms with Gasteiger partial charge in [-0.1, -0.05) is 25.1 Å². The lowest BCUT2D eigenvalue weighted by molar-refractivity contribution is 0.0694. The van der Waals surface area contributed by atoms with Crippen LogP contribution in [0.2, 0.25) is 0 Å². The third-order valence-electron chi connectivity index (χ3n) is 3.12. The van der Waals surface area contributed by atoms with Crippen LogP contribution < -0.4 is 0 Å². The van der Waals surface area contributed by atoms with Gasteiger partial charge in [0.25, 0.3) is 0 Å². The van der Waals surface area contributed by atoms with Crippen molar-refractivity contribution in [2.75, 3.05) is 19.1 Å². The number of aromatic carboxylic acids is 1. The van der Waals surface area contributed by atoms with Crippen LogP contribution in [0.25, 0.3) is 0 Å². The molecule has 1 unspecified atom stereocenters. The smallest absolute Gasteiger partial charge is 0.336 e. The molecular formula is C14H21NO2S. The molecule has 1 atom stereocenters. The molecule has 4 heteroatoms. The van der Waals surface area contributed by atoms with Crippen LogP contribution in [-0.2, 0) is 6.54 Å². The molecule has 100 valence electrons. The Kier molecular flexibility index (Phi) is 6.22. The maximum absolute atomic E-state index is 11.1. The van der Waals surface area contributed by atoms with Gasteiger partial charge >= 0.3 is 5.97 Å². The molecule has 0 aliphatic carbocycles. The van der Waals surface area contributed by atoms with Crippen molar-refractivity contribution in [2.45, 2.75) is 25.9 Å². The first-order valence-corrected chi connectivity index (χ1v) is 7.49. The first kappa shape index (κ1) is 15.1. The third kappa shape index (κ3) is 4.03. The summed E-state index contributed by atoms with van der Waals surface area (Å²) in [6, 6.07) is 7.71. The van der Waals surface area contributed by atoms with Crippen molar-refractivity contribution in [1.82, 2.24) is 4.90 Å². The highest BCUT2D eigenvalue weighted by atomic mass is 32.2. The number of carboxylic acid groups (broad SMARTS) is 1. The van der Waals surface area contributed by atoms with E-state index in [9.17, 15) is 4.79 Å². The van der Waals surface area contributed by atoms with Crippen LogP contribution in [0.15, 0.2) is 24.3 Å². The molecule has 0 heterocycles.